The van der Waals surface area contributed by atoms with Crippen LogP contribution in [0, 0.1) is 5.92 Å². The van der Waals surface area contributed by atoms with Gasteiger partial charge in [0.1, 0.15) is 0 Å². The highest BCUT2D eigenvalue weighted by atomic mass is 17.8. The molecule has 14 heavy (non-hydrogen) atoms. The van der Waals surface area contributed by atoms with Gasteiger partial charge in [0, 0.05) is 0 Å². The smallest absolute Gasteiger partial charge is 0.0883 e. The fourth-order valence-corrected chi connectivity index (χ4v) is 1.07. The van der Waals surface area contributed by atoms with Gasteiger partial charge in [0.2, 0.25) is 0 Å². The maximum absolute atomic E-state index is 7.65. The lowest BCUT2D eigenvalue weighted by Crippen LogP contribution is -2.09. The molecule has 0 aromatic carbocycles. The van der Waals surface area contributed by atoms with E-state index < -0.39 is 0 Å². The first-order valence-corrected chi connectivity index (χ1v) is 4.78. The van der Waals surface area contributed by atoms with E-state index in [1.165, 1.54) is 6.42 Å². The quantitative estimate of drug-likeness (QED) is 0.339. The summed E-state index contributed by atoms with van der Waals surface area (Å²) in [6.07, 6.45) is 4.43. The lowest BCUT2D eigenvalue weighted by atomic mass is 10.0. The van der Waals surface area contributed by atoms with E-state index >= 15 is 0 Å². The van der Waals surface area contributed by atoms with Crippen molar-refractivity contribution in [2.75, 3.05) is 6.61 Å². The van der Waals surface area contributed by atoms with E-state index in [4.69, 9.17) is 5.26 Å². The number of hydrogen-bond donors (Lipinski definition) is 1. The molecule has 0 aliphatic heterocycles. The van der Waals surface area contributed by atoms with Gasteiger partial charge >= 0.3 is 0 Å². The van der Waals surface area contributed by atoms with Gasteiger partial charge in [0.25, 0.3) is 0 Å². The number of unbranched alkanes of at least 4 members (excludes halogenated alkanes) is 1. The zero-order valence-corrected chi connectivity index (χ0v) is 8.60. The Morgan fingerprint density at radius 1 is 1.14 bits per heavy atom. The highest BCUT2D eigenvalue weighted by Gasteiger charge is 2.06. The van der Waals surface area contributed by atoms with Crippen LogP contribution >= 0.6 is 0 Å². The molecule has 0 aliphatic carbocycles. The van der Waals surface area contributed by atoms with E-state index in [0.717, 1.165) is 19.3 Å². The zero-order valence-electron chi connectivity index (χ0n) is 8.60. The van der Waals surface area contributed by atoms with Crippen molar-refractivity contribution in [3.8, 4) is 0 Å². The molecule has 0 radical (unpaired) electrons. The summed E-state index contributed by atoms with van der Waals surface area (Å²) >= 11 is 0. The van der Waals surface area contributed by atoms with Crippen LogP contribution in [0.5, 0.6) is 0 Å². The van der Waals surface area contributed by atoms with E-state index in [-0.39, 0.29) is 0 Å². The molecule has 6 heteroatoms. The Morgan fingerprint density at radius 3 is 2.50 bits per heavy atom. The van der Waals surface area contributed by atoms with Crippen molar-refractivity contribution in [2.45, 2.75) is 39.5 Å². The Balaban J connectivity index is 3.24. The first-order chi connectivity index (χ1) is 6.85. The molecule has 0 saturated carbocycles. The molecule has 0 aromatic rings. The molecule has 0 amide bonds. The van der Waals surface area contributed by atoms with Gasteiger partial charge in [-0.3, -0.25) is 0 Å². The van der Waals surface area contributed by atoms with Crippen molar-refractivity contribution >= 4 is 0 Å². The summed E-state index contributed by atoms with van der Waals surface area (Å²) in [5, 5.41) is 22.2. The maximum Gasteiger partial charge on any atom is 0.0883 e. The van der Waals surface area contributed by atoms with E-state index in [2.05, 4.69) is 38.9 Å². The van der Waals surface area contributed by atoms with Crippen molar-refractivity contribution in [3.63, 3.8) is 0 Å². The highest BCUT2D eigenvalue weighted by Crippen LogP contribution is 2.12. The molecule has 0 saturated heterocycles. The molecule has 1 N–H and O–H groups in total. The molecular formula is C8H18O6. The summed E-state index contributed by atoms with van der Waals surface area (Å²) in [5.41, 5.74) is 0. The lowest BCUT2D eigenvalue weighted by Gasteiger charge is -2.11. The largest absolute Gasteiger partial charge is 0.219 e. The predicted molar refractivity (Wildman–Crippen MR) is 46.2 cm³/mol. The maximum atomic E-state index is 7.65. The minimum atomic E-state index is 0.422. The minimum absolute atomic E-state index is 0.422. The van der Waals surface area contributed by atoms with E-state index in [0.29, 0.717) is 12.5 Å². The van der Waals surface area contributed by atoms with Crippen molar-refractivity contribution in [1.29, 1.82) is 0 Å². The predicted octanol–water partition coefficient (Wildman–Crippen LogP) is 2.42. The first kappa shape index (κ1) is 13.8. The van der Waals surface area contributed by atoms with E-state index in [1.807, 2.05) is 0 Å². The van der Waals surface area contributed by atoms with Crippen molar-refractivity contribution in [2.24, 2.45) is 5.92 Å². The number of rotatable bonds is 10. The van der Waals surface area contributed by atoms with Crippen LogP contribution in [0.1, 0.15) is 39.5 Å². The molecule has 0 rings (SSSR count). The summed E-state index contributed by atoms with van der Waals surface area (Å²) < 4.78 is 0. The summed E-state index contributed by atoms with van der Waals surface area (Å²) in [7, 11) is 0. The van der Waals surface area contributed by atoms with E-state index in [1.54, 1.807) is 0 Å². The topological polar surface area (TPSA) is 66.4 Å². The normalized spacial score (nSPS) is 13.1. The average Bonchev–Trinajstić information content (AvgIpc) is 2.22. The van der Waals surface area contributed by atoms with Crippen molar-refractivity contribution < 1.29 is 30.3 Å². The molecular weight excluding hydrogens is 192 g/mol. The van der Waals surface area contributed by atoms with Crippen LogP contribution in [-0.4, -0.2) is 11.9 Å². The molecule has 0 spiro atoms. The fraction of sp³-hybridized carbons (Fsp3) is 1.00. The Morgan fingerprint density at radius 2 is 1.93 bits per heavy atom. The summed E-state index contributed by atoms with van der Waals surface area (Å²) in [6, 6.07) is 0. The minimum Gasteiger partial charge on any atom is -0.219 e. The summed E-state index contributed by atoms with van der Waals surface area (Å²) in [5.74, 6) is 0.439. The van der Waals surface area contributed by atoms with E-state index in [9.17, 15) is 0 Å². The van der Waals surface area contributed by atoms with Crippen LogP contribution in [0.2, 0.25) is 0 Å². The monoisotopic (exact) mass is 210 g/mol. The standard InChI is InChI=1S/C8H18O6/c1-3-5-6-8(4-2)7-10-12-14-13-11-9/h8-9H,3-7H2,1-2H3. The highest BCUT2D eigenvalue weighted by molar-refractivity contribution is 4.54. The molecule has 6 nitrogen and oxygen atoms in total. The first-order valence-electron chi connectivity index (χ1n) is 4.78. The molecule has 1 atom stereocenters. The SMILES string of the molecule is CCCCC(CC)COOOOOO. The summed E-state index contributed by atoms with van der Waals surface area (Å²) in [4.78, 5) is 4.65. The Bertz CT molecular complexity index is 110. The van der Waals surface area contributed by atoms with Crippen LogP contribution in [0.15, 0.2) is 0 Å². The Hall–Kier alpha value is -0.240. The third-order valence-corrected chi connectivity index (χ3v) is 1.98. The van der Waals surface area contributed by atoms with Crippen molar-refractivity contribution in [3.05, 3.63) is 0 Å². The third-order valence-electron chi connectivity index (χ3n) is 1.98. The van der Waals surface area contributed by atoms with Crippen LogP contribution in [-0.2, 0) is 25.0 Å². The van der Waals surface area contributed by atoms with Crippen LogP contribution in [0.3, 0.4) is 0 Å². The second-order valence-electron chi connectivity index (χ2n) is 2.98. The Kier molecular flexibility index (Phi) is 10.7. The third kappa shape index (κ3) is 8.36. The molecule has 0 aliphatic rings. The van der Waals surface area contributed by atoms with Gasteiger partial charge in [-0.05, 0) is 32.5 Å². The fourth-order valence-electron chi connectivity index (χ4n) is 1.07. The van der Waals surface area contributed by atoms with Crippen LogP contribution in [0.4, 0.5) is 0 Å². The van der Waals surface area contributed by atoms with Crippen LogP contribution in [0.25, 0.3) is 0 Å². The van der Waals surface area contributed by atoms with Gasteiger partial charge in [-0.1, -0.05) is 33.1 Å². The lowest BCUT2D eigenvalue weighted by molar-refractivity contribution is -0.753. The molecule has 0 bridgehead atoms. The van der Waals surface area contributed by atoms with Gasteiger partial charge < -0.3 is 0 Å². The van der Waals surface area contributed by atoms with Gasteiger partial charge in [-0.15, -0.1) is 0 Å². The molecule has 0 fully saturated rings. The van der Waals surface area contributed by atoms with Gasteiger partial charge in [-0.2, -0.15) is 0 Å². The molecule has 0 aromatic heterocycles. The molecule has 86 valence electrons. The average molecular weight is 210 g/mol. The van der Waals surface area contributed by atoms with Gasteiger partial charge in [0.05, 0.1) is 6.61 Å². The molecule has 1 unspecified atom stereocenters. The molecule has 0 heterocycles. The summed E-state index contributed by atoms with van der Waals surface area (Å²) in [6.45, 7) is 4.64. The number of hydrogen-bond acceptors (Lipinski definition) is 6. The van der Waals surface area contributed by atoms with Gasteiger partial charge in [-0.25, -0.2) is 10.1 Å². The van der Waals surface area contributed by atoms with Crippen LogP contribution < -0.4 is 0 Å². The Labute approximate surface area is 83.3 Å². The zero-order chi connectivity index (χ0) is 10.6. The van der Waals surface area contributed by atoms with Gasteiger partial charge in [0.15, 0.2) is 0 Å². The van der Waals surface area contributed by atoms with Crippen molar-refractivity contribution in [1.82, 2.24) is 0 Å². The second-order valence-corrected chi connectivity index (χ2v) is 2.98. The second kappa shape index (κ2) is 10.8.